The Kier molecular flexibility index (Phi) is 2.12. The number of hydrogen-bond donors (Lipinski definition) is 1. The summed E-state index contributed by atoms with van der Waals surface area (Å²) in [7, 11) is 1.77. The summed E-state index contributed by atoms with van der Waals surface area (Å²) in [5.74, 6) is 0.395. The Morgan fingerprint density at radius 3 is 2.79 bits per heavy atom. The zero-order valence-electron chi connectivity index (χ0n) is 7.55. The molecule has 0 saturated heterocycles. The molecule has 0 unspecified atom stereocenters. The maximum absolute atomic E-state index is 5.83. The van der Waals surface area contributed by atoms with Crippen molar-refractivity contribution < 1.29 is 0 Å². The molecular formula is C7H9ClN6. The van der Waals surface area contributed by atoms with Crippen molar-refractivity contribution in [3.63, 3.8) is 0 Å². The van der Waals surface area contributed by atoms with Crippen molar-refractivity contribution in [3.05, 3.63) is 23.1 Å². The van der Waals surface area contributed by atoms with Gasteiger partial charge in [0.15, 0.2) is 5.82 Å². The summed E-state index contributed by atoms with van der Waals surface area (Å²) >= 11 is 5.83. The lowest BCUT2D eigenvalue weighted by Crippen LogP contribution is -2.05. The minimum atomic E-state index is 0.395. The van der Waals surface area contributed by atoms with Crippen LogP contribution in [0.15, 0.2) is 12.3 Å². The zero-order valence-corrected chi connectivity index (χ0v) is 8.31. The molecule has 0 atom stereocenters. The lowest BCUT2D eigenvalue weighted by atomic mass is 10.4. The third kappa shape index (κ3) is 1.69. The number of nitrogens with zero attached hydrogens (tertiary/aromatic N) is 5. The van der Waals surface area contributed by atoms with Crippen LogP contribution in [0.3, 0.4) is 0 Å². The molecule has 2 rings (SSSR count). The Labute approximate surface area is 85.3 Å². The van der Waals surface area contributed by atoms with E-state index in [9.17, 15) is 0 Å². The second-order valence-corrected chi connectivity index (χ2v) is 3.27. The Bertz CT molecular complexity index is 425. The number of aromatic nitrogens is 5. The van der Waals surface area contributed by atoms with Crippen LogP contribution in [0.1, 0.15) is 5.69 Å². The fraction of sp³-hybridized carbons (Fsp3) is 0.286. The van der Waals surface area contributed by atoms with E-state index >= 15 is 0 Å². The van der Waals surface area contributed by atoms with Crippen LogP contribution in [0.5, 0.6) is 0 Å². The zero-order chi connectivity index (χ0) is 10.1. The molecule has 0 bridgehead atoms. The lowest BCUT2D eigenvalue weighted by Gasteiger charge is -1.93. The SMILES string of the molecule is Cn1nc(Cn2ncc(N)n2)cc1Cl. The minimum Gasteiger partial charge on any atom is -0.381 e. The molecule has 7 heteroatoms. The van der Waals surface area contributed by atoms with Gasteiger partial charge in [-0.3, -0.25) is 4.68 Å². The molecular weight excluding hydrogens is 204 g/mol. The van der Waals surface area contributed by atoms with Crippen LogP contribution < -0.4 is 5.73 Å². The van der Waals surface area contributed by atoms with E-state index in [0.717, 1.165) is 5.69 Å². The fourth-order valence-electron chi connectivity index (χ4n) is 1.11. The maximum Gasteiger partial charge on any atom is 0.165 e. The van der Waals surface area contributed by atoms with Gasteiger partial charge in [-0.25, -0.2) is 0 Å². The molecule has 0 aliphatic carbocycles. The van der Waals surface area contributed by atoms with E-state index in [1.54, 1.807) is 17.8 Å². The predicted molar refractivity (Wildman–Crippen MR) is 51.8 cm³/mol. The van der Waals surface area contributed by atoms with Crippen molar-refractivity contribution in [2.45, 2.75) is 6.54 Å². The molecule has 0 aliphatic rings. The molecule has 2 heterocycles. The number of anilines is 1. The van der Waals surface area contributed by atoms with Crippen molar-refractivity contribution in [2.24, 2.45) is 7.05 Å². The van der Waals surface area contributed by atoms with Crippen molar-refractivity contribution in [3.8, 4) is 0 Å². The number of rotatable bonds is 2. The average molecular weight is 213 g/mol. The molecule has 0 amide bonds. The lowest BCUT2D eigenvalue weighted by molar-refractivity contribution is 0.575. The van der Waals surface area contributed by atoms with E-state index < -0.39 is 0 Å². The molecule has 2 aromatic rings. The van der Waals surface area contributed by atoms with Gasteiger partial charge >= 0.3 is 0 Å². The first-order valence-electron chi connectivity index (χ1n) is 3.99. The molecule has 2 aromatic heterocycles. The van der Waals surface area contributed by atoms with E-state index in [1.807, 2.05) is 0 Å². The van der Waals surface area contributed by atoms with Crippen molar-refractivity contribution in [2.75, 3.05) is 5.73 Å². The van der Waals surface area contributed by atoms with E-state index in [2.05, 4.69) is 15.3 Å². The summed E-state index contributed by atoms with van der Waals surface area (Å²) in [6.45, 7) is 0.470. The van der Waals surface area contributed by atoms with E-state index in [-0.39, 0.29) is 0 Å². The van der Waals surface area contributed by atoms with Crippen LogP contribution in [0, 0.1) is 0 Å². The third-order valence-corrected chi connectivity index (χ3v) is 2.08. The molecule has 2 N–H and O–H groups in total. The summed E-state index contributed by atoms with van der Waals surface area (Å²) in [6.07, 6.45) is 1.49. The third-order valence-electron chi connectivity index (χ3n) is 1.73. The highest BCUT2D eigenvalue weighted by atomic mass is 35.5. The van der Waals surface area contributed by atoms with E-state index in [4.69, 9.17) is 17.3 Å². The van der Waals surface area contributed by atoms with E-state index in [1.165, 1.54) is 11.0 Å². The Balaban J connectivity index is 2.18. The molecule has 6 nitrogen and oxygen atoms in total. The van der Waals surface area contributed by atoms with Crippen LogP contribution >= 0.6 is 11.6 Å². The standard InChI is InChI=1S/C7H9ClN6/c1-13-6(8)2-5(11-13)4-14-10-3-7(9)12-14/h2-3H,4H2,1H3,(H2,9,12). The smallest absolute Gasteiger partial charge is 0.165 e. The molecule has 0 aliphatic heterocycles. The normalized spacial score (nSPS) is 10.7. The summed E-state index contributed by atoms with van der Waals surface area (Å²) in [6, 6.07) is 1.76. The monoisotopic (exact) mass is 212 g/mol. The number of aryl methyl sites for hydroxylation is 1. The number of halogens is 1. The Morgan fingerprint density at radius 2 is 2.29 bits per heavy atom. The van der Waals surface area contributed by atoms with Crippen LogP contribution in [0.2, 0.25) is 5.15 Å². The number of nitrogens with two attached hydrogens (primary N) is 1. The molecule has 0 spiro atoms. The van der Waals surface area contributed by atoms with Crippen molar-refractivity contribution in [1.82, 2.24) is 24.8 Å². The van der Waals surface area contributed by atoms with Gasteiger partial charge in [-0.15, -0.1) is 5.10 Å². The highest BCUT2D eigenvalue weighted by molar-refractivity contribution is 6.29. The molecule has 0 radical (unpaired) electrons. The van der Waals surface area contributed by atoms with Gasteiger partial charge in [0.05, 0.1) is 11.9 Å². The molecule has 0 saturated carbocycles. The number of nitrogen functional groups attached to an aromatic ring is 1. The van der Waals surface area contributed by atoms with Crippen molar-refractivity contribution >= 4 is 17.4 Å². The van der Waals surface area contributed by atoms with Crippen LogP contribution in [0.25, 0.3) is 0 Å². The van der Waals surface area contributed by atoms with Crippen LogP contribution in [0.4, 0.5) is 5.82 Å². The van der Waals surface area contributed by atoms with Crippen LogP contribution in [-0.4, -0.2) is 24.8 Å². The van der Waals surface area contributed by atoms with Gasteiger partial charge in [0.2, 0.25) is 0 Å². The first kappa shape index (κ1) is 9.01. The maximum atomic E-state index is 5.83. The van der Waals surface area contributed by atoms with Gasteiger partial charge in [-0.2, -0.15) is 15.0 Å². The average Bonchev–Trinajstić information content (AvgIpc) is 2.62. The highest BCUT2D eigenvalue weighted by Crippen LogP contribution is 2.09. The topological polar surface area (TPSA) is 74.5 Å². The van der Waals surface area contributed by atoms with Gasteiger partial charge < -0.3 is 5.73 Å². The molecule has 74 valence electrons. The molecule has 0 aromatic carbocycles. The Hall–Kier alpha value is -1.56. The highest BCUT2D eigenvalue weighted by Gasteiger charge is 2.04. The van der Waals surface area contributed by atoms with Gasteiger partial charge in [0.25, 0.3) is 0 Å². The predicted octanol–water partition coefficient (Wildman–Crippen LogP) is 0.295. The molecule has 0 fully saturated rings. The first-order chi connectivity index (χ1) is 6.65. The van der Waals surface area contributed by atoms with Gasteiger partial charge in [-0.1, -0.05) is 11.6 Å². The second kappa shape index (κ2) is 3.30. The summed E-state index contributed by atoms with van der Waals surface area (Å²) in [5, 5.41) is 12.6. The fourth-order valence-corrected chi connectivity index (χ4v) is 1.27. The summed E-state index contributed by atoms with van der Waals surface area (Å²) in [4.78, 5) is 1.47. The number of hydrogen-bond acceptors (Lipinski definition) is 4. The van der Waals surface area contributed by atoms with Crippen LogP contribution in [-0.2, 0) is 13.6 Å². The van der Waals surface area contributed by atoms with Gasteiger partial charge in [0, 0.05) is 13.1 Å². The summed E-state index contributed by atoms with van der Waals surface area (Å²) in [5.41, 5.74) is 6.22. The molecule has 14 heavy (non-hydrogen) atoms. The van der Waals surface area contributed by atoms with Gasteiger partial charge in [-0.05, 0) is 0 Å². The summed E-state index contributed by atoms with van der Waals surface area (Å²) < 4.78 is 1.59. The Morgan fingerprint density at radius 1 is 1.50 bits per heavy atom. The van der Waals surface area contributed by atoms with Gasteiger partial charge in [0.1, 0.15) is 11.7 Å². The largest absolute Gasteiger partial charge is 0.381 e. The minimum absolute atomic E-state index is 0.395. The quantitative estimate of drug-likeness (QED) is 0.777. The second-order valence-electron chi connectivity index (χ2n) is 2.88. The first-order valence-corrected chi connectivity index (χ1v) is 4.37. The van der Waals surface area contributed by atoms with E-state index in [0.29, 0.717) is 17.5 Å². The van der Waals surface area contributed by atoms with Crippen molar-refractivity contribution in [1.29, 1.82) is 0 Å².